The molecule has 1 atom stereocenters. The second kappa shape index (κ2) is 4.90. The van der Waals surface area contributed by atoms with E-state index in [4.69, 9.17) is 11.0 Å². The first-order valence-electron chi connectivity index (χ1n) is 4.04. The maximum atomic E-state index is 8.49. The molecule has 0 bridgehead atoms. The molecule has 2 N–H and O–H groups in total. The van der Waals surface area contributed by atoms with Crippen LogP contribution in [-0.2, 0) is 0 Å². The average Bonchev–Trinajstić information content (AvgIpc) is 2.18. The Morgan fingerprint density at radius 3 is 3.00 bits per heavy atom. The van der Waals surface area contributed by atoms with E-state index in [0.717, 1.165) is 5.56 Å². The molecular weight excluding hydrogens is 180 g/mol. The van der Waals surface area contributed by atoms with Gasteiger partial charge >= 0.3 is 0 Å². The molecule has 0 spiro atoms. The molecule has 0 heterocycles. The van der Waals surface area contributed by atoms with Crippen molar-refractivity contribution in [3.8, 4) is 6.07 Å². The first-order valence-corrected chi connectivity index (χ1v) is 5.27. The Bertz CT molecular complexity index is 317. The molecule has 0 unspecified atom stereocenters. The number of rotatable bonds is 3. The predicted octanol–water partition coefficient (Wildman–Crippen LogP) is 2.32. The minimum absolute atomic E-state index is 0.155. The zero-order valence-electron chi connectivity index (χ0n) is 7.53. The fourth-order valence-corrected chi connectivity index (χ4v) is 1.56. The van der Waals surface area contributed by atoms with E-state index in [2.05, 4.69) is 6.07 Å². The molecule has 13 heavy (non-hydrogen) atoms. The minimum atomic E-state index is -0.155. The molecule has 0 aromatic heterocycles. The number of nitrogens with two attached hydrogens (primary N) is 1. The summed E-state index contributed by atoms with van der Waals surface area (Å²) in [5.74, 6) is 0. The lowest BCUT2D eigenvalue weighted by Crippen LogP contribution is -2.08. The summed E-state index contributed by atoms with van der Waals surface area (Å²) in [6.45, 7) is 0. The van der Waals surface area contributed by atoms with Gasteiger partial charge in [-0.3, -0.25) is 0 Å². The van der Waals surface area contributed by atoms with Crippen LogP contribution in [0.15, 0.2) is 29.2 Å². The second-order valence-electron chi connectivity index (χ2n) is 2.75. The van der Waals surface area contributed by atoms with Gasteiger partial charge in [0.25, 0.3) is 0 Å². The summed E-state index contributed by atoms with van der Waals surface area (Å²) in [5.41, 5.74) is 6.83. The molecule has 0 amide bonds. The fraction of sp³-hybridized carbons (Fsp3) is 0.300. The van der Waals surface area contributed by atoms with Gasteiger partial charge in [-0.2, -0.15) is 5.26 Å². The van der Waals surface area contributed by atoms with Gasteiger partial charge in [0.05, 0.1) is 12.5 Å². The lowest BCUT2D eigenvalue weighted by molar-refractivity contribution is 0.746. The third-order valence-corrected chi connectivity index (χ3v) is 2.56. The summed E-state index contributed by atoms with van der Waals surface area (Å²) in [7, 11) is 0. The molecule has 2 nitrogen and oxygen atoms in total. The number of hydrogen-bond donors (Lipinski definition) is 1. The molecule has 0 radical (unpaired) electrons. The van der Waals surface area contributed by atoms with E-state index in [9.17, 15) is 0 Å². The summed E-state index contributed by atoms with van der Waals surface area (Å²) in [5, 5.41) is 8.49. The van der Waals surface area contributed by atoms with Crippen LogP contribution in [0.4, 0.5) is 0 Å². The van der Waals surface area contributed by atoms with Gasteiger partial charge in [0.1, 0.15) is 0 Å². The smallest absolute Gasteiger partial charge is 0.0641 e. The Hall–Kier alpha value is -0.980. The monoisotopic (exact) mass is 192 g/mol. The third-order valence-electron chi connectivity index (χ3n) is 1.83. The van der Waals surface area contributed by atoms with Crippen molar-refractivity contribution in [3.05, 3.63) is 29.8 Å². The van der Waals surface area contributed by atoms with Crippen LogP contribution < -0.4 is 5.73 Å². The lowest BCUT2D eigenvalue weighted by Gasteiger charge is -2.08. The Kier molecular flexibility index (Phi) is 3.81. The van der Waals surface area contributed by atoms with Crippen molar-refractivity contribution in [2.75, 3.05) is 6.26 Å². The maximum absolute atomic E-state index is 8.49. The largest absolute Gasteiger partial charge is 0.323 e. The second-order valence-corrected chi connectivity index (χ2v) is 3.62. The third kappa shape index (κ3) is 2.76. The molecular formula is C10H12N2S. The van der Waals surface area contributed by atoms with Gasteiger partial charge in [0.15, 0.2) is 0 Å². The molecule has 0 aliphatic heterocycles. The normalized spacial score (nSPS) is 12.1. The molecule has 1 rings (SSSR count). The molecule has 1 aromatic carbocycles. The Morgan fingerprint density at radius 1 is 1.62 bits per heavy atom. The molecule has 0 fully saturated rings. The first kappa shape index (κ1) is 10.1. The van der Waals surface area contributed by atoms with Gasteiger partial charge < -0.3 is 5.73 Å². The number of benzene rings is 1. The summed E-state index contributed by atoms with van der Waals surface area (Å²) in [6, 6.07) is 9.92. The highest BCUT2D eigenvalue weighted by Gasteiger charge is 2.04. The Labute approximate surface area is 82.7 Å². The van der Waals surface area contributed by atoms with Gasteiger partial charge in [-0.15, -0.1) is 11.8 Å². The lowest BCUT2D eigenvalue weighted by atomic mass is 10.1. The molecule has 0 aliphatic rings. The maximum Gasteiger partial charge on any atom is 0.0641 e. The van der Waals surface area contributed by atoms with Crippen LogP contribution >= 0.6 is 11.8 Å². The summed E-state index contributed by atoms with van der Waals surface area (Å²) >= 11 is 1.68. The highest BCUT2D eigenvalue weighted by Crippen LogP contribution is 2.20. The first-order chi connectivity index (χ1) is 6.27. The van der Waals surface area contributed by atoms with Crippen molar-refractivity contribution in [2.24, 2.45) is 5.73 Å². The zero-order valence-corrected chi connectivity index (χ0v) is 8.34. The van der Waals surface area contributed by atoms with Gasteiger partial charge in [0.2, 0.25) is 0 Å². The quantitative estimate of drug-likeness (QED) is 0.748. The number of hydrogen-bond acceptors (Lipinski definition) is 3. The SMILES string of the molecule is CSc1cccc([C@@H](N)CC#N)c1. The summed E-state index contributed by atoms with van der Waals surface area (Å²) in [6.07, 6.45) is 2.40. The standard InChI is InChI=1S/C10H12N2S/c1-13-9-4-2-3-8(7-9)10(12)5-6-11/h2-4,7,10H,5,12H2,1H3/t10-/m0/s1. The van der Waals surface area contributed by atoms with E-state index in [1.54, 1.807) is 11.8 Å². The Balaban J connectivity index is 2.83. The highest BCUT2D eigenvalue weighted by molar-refractivity contribution is 7.98. The van der Waals surface area contributed by atoms with E-state index >= 15 is 0 Å². The van der Waals surface area contributed by atoms with Crippen LogP contribution in [0.1, 0.15) is 18.0 Å². The van der Waals surface area contributed by atoms with Crippen LogP contribution in [0.25, 0.3) is 0 Å². The van der Waals surface area contributed by atoms with Crippen LogP contribution in [-0.4, -0.2) is 6.26 Å². The summed E-state index contributed by atoms with van der Waals surface area (Å²) in [4.78, 5) is 1.19. The van der Waals surface area contributed by atoms with Crippen molar-refractivity contribution in [3.63, 3.8) is 0 Å². The molecule has 0 saturated carbocycles. The van der Waals surface area contributed by atoms with E-state index in [1.165, 1.54) is 4.90 Å². The van der Waals surface area contributed by atoms with E-state index in [0.29, 0.717) is 6.42 Å². The van der Waals surface area contributed by atoms with E-state index in [-0.39, 0.29) is 6.04 Å². The Morgan fingerprint density at radius 2 is 2.38 bits per heavy atom. The van der Waals surface area contributed by atoms with Crippen LogP contribution in [0.3, 0.4) is 0 Å². The van der Waals surface area contributed by atoms with Gasteiger partial charge in [-0.05, 0) is 24.0 Å². The van der Waals surface area contributed by atoms with Gasteiger partial charge in [-0.25, -0.2) is 0 Å². The average molecular weight is 192 g/mol. The zero-order chi connectivity index (χ0) is 9.68. The van der Waals surface area contributed by atoms with Gasteiger partial charge in [-0.1, -0.05) is 12.1 Å². The van der Waals surface area contributed by atoms with Crippen LogP contribution in [0, 0.1) is 11.3 Å². The molecule has 1 aromatic rings. The molecule has 0 saturated heterocycles. The predicted molar refractivity (Wildman–Crippen MR) is 55.4 cm³/mol. The number of thioether (sulfide) groups is 1. The number of nitrogens with zero attached hydrogens (tertiary/aromatic N) is 1. The van der Waals surface area contributed by atoms with Gasteiger partial charge in [0, 0.05) is 10.9 Å². The topological polar surface area (TPSA) is 49.8 Å². The summed E-state index contributed by atoms with van der Waals surface area (Å²) < 4.78 is 0. The van der Waals surface area contributed by atoms with Crippen molar-refractivity contribution in [1.82, 2.24) is 0 Å². The minimum Gasteiger partial charge on any atom is -0.323 e. The fourth-order valence-electron chi connectivity index (χ4n) is 1.09. The molecule has 0 aliphatic carbocycles. The van der Waals surface area contributed by atoms with Crippen LogP contribution in [0.5, 0.6) is 0 Å². The molecule has 3 heteroatoms. The van der Waals surface area contributed by atoms with E-state index in [1.807, 2.05) is 30.5 Å². The van der Waals surface area contributed by atoms with Crippen molar-refractivity contribution in [2.45, 2.75) is 17.4 Å². The van der Waals surface area contributed by atoms with Crippen molar-refractivity contribution < 1.29 is 0 Å². The van der Waals surface area contributed by atoms with Crippen molar-refractivity contribution >= 4 is 11.8 Å². The molecule has 68 valence electrons. The number of nitriles is 1. The van der Waals surface area contributed by atoms with Crippen LogP contribution in [0.2, 0.25) is 0 Å². The van der Waals surface area contributed by atoms with E-state index < -0.39 is 0 Å². The highest BCUT2D eigenvalue weighted by atomic mass is 32.2. The van der Waals surface area contributed by atoms with Crippen molar-refractivity contribution in [1.29, 1.82) is 5.26 Å².